The van der Waals surface area contributed by atoms with Crippen LogP contribution in [0.5, 0.6) is 0 Å². The van der Waals surface area contributed by atoms with Crippen molar-refractivity contribution in [1.82, 2.24) is 20.7 Å². The second kappa shape index (κ2) is 9.68. The van der Waals surface area contributed by atoms with Crippen LogP contribution >= 0.6 is 0 Å². The maximum atomic E-state index is 13.0. The Morgan fingerprint density at radius 2 is 2.00 bits per heavy atom. The van der Waals surface area contributed by atoms with Gasteiger partial charge in [-0.2, -0.15) is 0 Å². The molecule has 0 bridgehead atoms. The summed E-state index contributed by atoms with van der Waals surface area (Å²) in [5, 5.41) is 10.9. The fraction of sp³-hybridized carbons (Fsp3) is 0.524. The summed E-state index contributed by atoms with van der Waals surface area (Å²) < 4.78 is 18.4. The molecule has 0 unspecified atom stereocenters. The van der Waals surface area contributed by atoms with Crippen LogP contribution < -0.4 is 10.6 Å². The third-order valence-electron chi connectivity index (χ3n) is 5.07. The quantitative estimate of drug-likeness (QED) is 0.588. The highest BCUT2D eigenvalue weighted by Crippen LogP contribution is 2.15. The second-order valence-corrected chi connectivity index (χ2v) is 7.62. The number of hydrogen-bond donors (Lipinski definition) is 2. The fourth-order valence-electron chi connectivity index (χ4n) is 3.33. The molecule has 1 aliphatic rings. The molecule has 0 spiro atoms. The number of likely N-dealkylation sites (tertiary alicyclic amines) is 1. The van der Waals surface area contributed by atoms with Crippen molar-refractivity contribution >= 4 is 5.96 Å². The SMILES string of the molecule is CN=C(NCc1cc(C(C)C)no1)NC1CCN(Cc2ccc(F)cc2)CC1. The van der Waals surface area contributed by atoms with Gasteiger partial charge in [0, 0.05) is 38.8 Å². The average molecular weight is 388 g/mol. The van der Waals surface area contributed by atoms with Crippen molar-refractivity contribution in [3.8, 4) is 0 Å². The molecule has 0 aliphatic carbocycles. The smallest absolute Gasteiger partial charge is 0.191 e. The molecule has 0 saturated carbocycles. The minimum absolute atomic E-state index is 0.184. The van der Waals surface area contributed by atoms with Gasteiger partial charge in [0.1, 0.15) is 5.82 Å². The Morgan fingerprint density at radius 3 is 2.61 bits per heavy atom. The zero-order valence-electron chi connectivity index (χ0n) is 16.9. The van der Waals surface area contributed by atoms with Gasteiger partial charge in [0.05, 0.1) is 12.2 Å². The summed E-state index contributed by atoms with van der Waals surface area (Å²) in [6.45, 7) is 7.63. The monoisotopic (exact) mass is 387 g/mol. The zero-order valence-corrected chi connectivity index (χ0v) is 16.9. The highest BCUT2D eigenvalue weighted by molar-refractivity contribution is 5.79. The Kier molecular flexibility index (Phi) is 7.03. The normalized spacial score (nSPS) is 16.5. The van der Waals surface area contributed by atoms with Crippen molar-refractivity contribution in [2.75, 3.05) is 20.1 Å². The third kappa shape index (κ3) is 5.79. The molecule has 1 aromatic heterocycles. The van der Waals surface area contributed by atoms with Crippen LogP contribution in [0.1, 0.15) is 49.6 Å². The van der Waals surface area contributed by atoms with Crippen LogP contribution in [0.2, 0.25) is 0 Å². The molecule has 2 heterocycles. The van der Waals surface area contributed by atoms with Gasteiger partial charge < -0.3 is 15.2 Å². The maximum absolute atomic E-state index is 13.0. The molecule has 0 atom stereocenters. The molecule has 152 valence electrons. The lowest BCUT2D eigenvalue weighted by molar-refractivity contribution is 0.198. The van der Waals surface area contributed by atoms with Gasteiger partial charge >= 0.3 is 0 Å². The number of aromatic nitrogens is 1. The molecule has 6 nitrogen and oxygen atoms in total. The molecule has 1 aromatic carbocycles. The standard InChI is InChI=1S/C21H30FN5O/c1-15(2)20-12-19(28-26-20)13-24-21(23-3)25-18-8-10-27(11-9-18)14-16-4-6-17(22)7-5-16/h4-7,12,15,18H,8-11,13-14H2,1-3H3,(H2,23,24,25). The first-order valence-electron chi connectivity index (χ1n) is 9.93. The number of rotatable bonds is 6. The number of aliphatic imine (C=N–C) groups is 1. The van der Waals surface area contributed by atoms with Gasteiger partial charge in [0.15, 0.2) is 11.7 Å². The number of piperidine rings is 1. The summed E-state index contributed by atoms with van der Waals surface area (Å²) in [6, 6.07) is 9.14. The van der Waals surface area contributed by atoms with Crippen molar-refractivity contribution in [3.63, 3.8) is 0 Å². The molecule has 0 amide bonds. The van der Waals surface area contributed by atoms with Gasteiger partial charge in [-0.1, -0.05) is 31.1 Å². The van der Waals surface area contributed by atoms with Crippen molar-refractivity contribution in [2.24, 2.45) is 4.99 Å². The van der Waals surface area contributed by atoms with Gasteiger partial charge in [0.2, 0.25) is 0 Å². The molecular weight excluding hydrogens is 357 g/mol. The van der Waals surface area contributed by atoms with E-state index in [9.17, 15) is 4.39 Å². The predicted molar refractivity (Wildman–Crippen MR) is 109 cm³/mol. The number of nitrogens with one attached hydrogen (secondary N) is 2. The number of hydrogen-bond acceptors (Lipinski definition) is 4. The van der Waals surface area contributed by atoms with Crippen LogP contribution in [-0.2, 0) is 13.1 Å². The summed E-state index contributed by atoms with van der Waals surface area (Å²) in [6.07, 6.45) is 2.09. The first-order valence-corrected chi connectivity index (χ1v) is 9.93. The van der Waals surface area contributed by atoms with E-state index < -0.39 is 0 Å². The molecule has 1 saturated heterocycles. The summed E-state index contributed by atoms with van der Waals surface area (Å²) in [5.41, 5.74) is 2.12. The molecule has 1 aliphatic heterocycles. The summed E-state index contributed by atoms with van der Waals surface area (Å²) in [7, 11) is 1.78. The van der Waals surface area contributed by atoms with Crippen LogP contribution in [0.3, 0.4) is 0 Å². The lowest BCUT2D eigenvalue weighted by Crippen LogP contribution is -2.48. The van der Waals surface area contributed by atoms with Gasteiger partial charge in [-0.05, 0) is 36.5 Å². The second-order valence-electron chi connectivity index (χ2n) is 7.62. The average Bonchev–Trinajstić information content (AvgIpc) is 3.18. The van der Waals surface area contributed by atoms with E-state index >= 15 is 0 Å². The van der Waals surface area contributed by atoms with Crippen molar-refractivity contribution in [3.05, 3.63) is 53.2 Å². The Morgan fingerprint density at radius 1 is 1.29 bits per heavy atom. The fourth-order valence-corrected chi connectivity index (χ4v) is 3.33. The number of nitrogens with zero attached hydrogens (tertiary/aromatic N) is 3. The van der Waals surface area contributed by atoms with E-state index in [1.54, 1.807) is 7.05 Å². The molecule has 0 radical (unpaired) electrons. The Hall–Kier alpha value is -2.41. The highest BCUT2D eigenvalue weighted by atomic mass is 19.1. The lowest BCUT2D eigenvalue weighted by Gasteiger charge is -2.33. The molecule has 3 rings (SSSR count). The highest BCUT2D eigenvalue weighted by Gasteiger charge is 2.20. The minimum atomic E-state index is -0.184. The molecule has 1 fully saturated rings. The van der Waals surface area contributed by atoms with E-state index in [2.05, 4.69) is 39.5 Å². The first kappa shape index (κ1) is 20.3. The summed E-state index contributed by atoms with van der Waals surface area (Å²) >= 11 is 0. The van der Waals surface area contributed by atoms with Crippen molar-refractivity contribution in [2.45, 2.75) is 51.7 Å². The molecule has 28 heavy (non-hydrogen) atoms. The van der Waals surface area contributed by atoms with Crippen LogP contribution in [-0.4, -0.2) is 42.2 Å². The summed E-state index contributed by atoms with van der Waals surface area (Å²) in [4.78, 5) is 6.72. The molecule has 2 aromatic rings. The van der Waals surface area contributed by atoms with Crippen molar-refractivity contribution < 1.29 is 8.91 Å². The Bertz CT molecular complexity index is 763. The van der Waals surface area contributed by atoms with Crippen LogP contribution in [0.15, 0.2) is 39.8 Å². The molecule has 2 N–H and O–H groups in total. The van der Waals surface area contributed by atoms with E-state index in [-0.39, 0.29) is 5.82 Å². The van der Waals surface area contributed by atoms with E-state index in [4.69, 9.17) is 4.52 Å². The molecule has 7 heteroatoms. The van der Waals surface area contributed by atoms with Crippen LogP contribution in [0.4, 0.5) is 4.39 Å². The van der Waals surface area contributed by atoms with Crippen LogP contribution in [0.25, 0.3) is 0 Å². The number of halogens is 1. The van der Waals surface area contributed by atoms with E-state index in [1.165, 1.54) is 12.1 Å². The van der Waals surface area contributed by atoms with Crippen LogP contribution in [0, 0.1) is 5.82 Å². The maximum Gasteiger partial charge on any atom is 0.191 e. The molecular formula is C21H30FN5O. The van der Waals surface area contributed by atoms with E-state index in [0.717, 1.165) is 55.5 Å². The van der Waals surface area contributed by atoms with Gasteiger partial charge in [-0.15, -0.1) is 0 Å². The van der Waals surface area contributed by atoms with Gasteiger partial charge in [-0.3, -0.25) is 9.89 Å². The lowest BCUT2D eigenvalue weighted by atomic mass is 10.0. The first-order chi connectivity index (χ1) is 13.5. The van der Waals surface area contributed by atoms with Crippen molar-refractivity contribution in [1.29, 1.82) is 0 Å². The van der Waals surface area contributed by atoms with E-state index in [0.29, 0.717) is 18.5 Å². The summed E-state index contributed by atoms with van der Waals surface area (Å²) in [5.74, 6) is 1.76. The zero-order chi connectivity index (χ0) is 19.9. The Balaban J connectivity index is 1.41. The Labute approximate surface area is 166 Å². The van der Waals surface area contributed by atoms with E-state index in [1.807, 2.05) is 18.2 Å². The van der Waals surface area contributed by atoms with Gasteiger partial charge in [-0.25, -0.2) is 4.39 Å². The predicted octanol–water partition coefficient (Wildman–Crippen LogP) is 3.27. The third-order valence-corrected chi connectivity index (χ3v) is 5.07. The topological polar surface area (TPSA) is 65.7 Å². The minimum Gasteiger partial charge on any atom is -0.359 e. The largest absolute Gasteiger partial charge is 0.359 e. The number of benzene rings is 1. The number of guanidine groups is 1. The van der Waals surface area contributed by atoms with Gasteiger partial charge in [0.25, 0.3) is 0 Å².